The smallest absolute Gasteiger partial charge is 0.167 e. The van der Waals surface area contributed by atoms with Crippen molar-refractivity contribution in [2.24, 2.45) is 0 Å². The average molecular weight is 582 g/mol. The lowest BCUT2D eigenvalue weighted by Gasteiger charge is -2.09. The van der Waals surface area contributed by atoms with Gasteiger partial charge in [-0.3, -0.25) is 0 Å². The van der Waals surface area contributed by atoms with E-state index in [1.807, 2.05) is 72.0 Å². The van der Waals surface area contributed by atoms with Crippen molar-refractivity contribution in [1.29, 1.82) is 0 Å². The molecule has 4 nitrogen and oxygen atoms in total. The zero-order valence-electron chi connectivity index (χ0n) is 23.4. The van der Waals surface area contributed by atoms with Crippen LogP contribution in [0.2, 0.25) is 0 Å². The van der Waals surface area contributed by atoms with Crippen LogP contribution in [0.4, 0.5) is 0 Å². The van der Waals surface area contributed by atoms with Crippen molar-refractivity contribution in [3.8, 4) is 45.3 Å². The third kappa shape index (κ3) is 4.02. The average Bonchev–Trinajstić information content (AvgIpc) is 3.67. The summed E-state index contributed by atoms with van der Waals surface area (Å²) in [7, 11) is 0. The van der Waals surface area contributed by atoms with E-state index in [9.17, 15) is 0 Å². The van der Waals surface area contributed by atoms with Crippen LogP contribution in [0.25, 0.3) is 87.4 Å². The van der Waals surface area contributed by atoms with E-state index in [-0.39, 0.29) is 0 Å². The van der Waals surface area contributed by atoms with Crippen LogP contribution in [-0.2, 0) is 0 Å². The molecule has 0 aliphatic carbocycles. The predicted octanol–water partition coefficient (Wildman–Crippen LogP) is 10.8. The van der Waals surface area contributed by atoms with Gasteiger partial charge in [-0.05, 0) is 41.5 Å². The van der Waals surface area contributed by atoms with Crippen LogP contribution in [0, 0.1) is 0 Å². The van der Waals surface area contributed by atoms with Crippen LogP contribution in [0.15, 0.2) is 144 Å². The van der Waals surface area contributed by atoms with E-state index >= 15 is 0 Å². The Hall–Kier alpha value is -5.65. The number of rotatable bonds is 4. The summed E-state index contributed by atoms with van der Waals surface area (Å²) in [5.41, 5.74) is 6.81. The molecule has 0 spiro atoms. The highest BCUT2D eigenvalue weighted by atomic mass is 32.1. The standard InChI is InChI=1S/C39H23N3OS/c1-3-11-24(12-4-1)27-16-9-18-30-32-23-26(21-22-34(32)44-36(27)30)38-40-37(25-13-5-2-6-14-25)41-39(42-38)31-19-10-17-29-28-15-7-8-20-33(28)43-35(29)31/h1-23H. The van der Waals surface area contributed by atoms with Gasteiger partial charge < -0.3 is 4.42 Å². The van der Waals surface area contributed by atoms with Crippen LogP contribution in [-0.4, -0.2) is 15.0 Å². The quantitative estimate of drug-likeness (QED) is 0.207. The molecule has 9 aromatic rings. The Kier molecular flexibility index (Phi) is 5.64. The topological polar surface area (TPSA) is 51.8 Å². The molecule has 6 aromatic carbocycles. The van der Waals surface area contributed by atoms with Gasteiger partial charge in [-0.25, -0.2) is 15.0 Å². The number of nitrogens with zero attached hydrogens (tertiary/aromatic N) is 3. The molecule has 5 heteroatoms. The number of furan rings is 1. The van der Waals surface area contributed by atoms with Crippen molar-refractivity contribution in [3.05, 3.63) is 140 Å². The molecule has 9 rings (SSSR count). The van der Waals surface area contributed by atoms with Gasteiger partial charge >= 0.3 is 0 Å². The molecule has 3 aromatic heterocycles. The number of aromatic nitrogens is 3. The van der Waals surface area contributed by atoms with Crippen LogP contribution in [0.5, 0.6) is 0 Å². The Labute approximate surface area is 256 Å². The molecule has 0 saturated heterocycles. The number of benzene rings is 6. The fraction of sp³-hybridized carbons (Fsp3) is 0. The van der Waals surface area contributed by atoms with Gasteiger partial charge in [0, 0.05) is 42.1 Å². The Balaban J connectivity index is 1.26. The van der Waals surface area contributed by atoms with Crippen LogP contribution >= 0.6 is 11.3 Å². The lowest BCUT2D eigenvalue weighted by Crippen LogP contribution is -2.00. The molecule has 44 heavy (non-hydrogen) atoms. The van der Waals surface area contributed by atoms with E-state index in [1.54, 1.807) is 0 Å². The Morgan fingerprint density at radius 3 is 1.89 bits per heavy atom. The minimum Gasteiger partial charge on any atom is -0.455 e. The second-order valence-electron chi connectivity index (χ2n) is 10.8. The molecule has 3 heterocycles. The first-order valence-corrected chi connectivity index (χ1v) is 15.3. The van der Waals surface area contributed by atoms with Crippen molar-refractivity contribution in [2.75, 3.05) is 0 Å². The van der Waals surface area contributed by atoms with Crippen LogP contribution in [0.1, 0.15) is 0 Å². The molecule has 0 saturated carbocycles. The summed E-state index contributed by atoms with van der Waals surface area (Å²) < 4.78 is 8.89. The molecule has 0 radical (unpaired) electrons. The SMILES string of the molecule is c1ccc(-c2nc(-c3ccc4sc5c(-c6ccccc6)cccc5c4c3)nc(-c3cccc4c3oc3ccccc34)n2)cc1. The largest absolute Gasteiger partial charge is 0.455 e. The Morgan fingerprint density at radius 2 is 1.07 bits per heavy atom. The molecular weight excluding hydrogens is 559 g/mol. The Morgan fingerprint density at radius 1 is 0.432 bits per heavy atom. The molecule has 0 aliphatic rings. The molecule has 0 N–H and O–H groups in total. The van der Waals surface area contributed by atoms with Crippen molar-refractivity contribution in [2.45, 2.75) is 0 Å². The molecular formula is C39H23N3OS. The van der Waals surface area contributed by atoms with Gasteiger partial charge in [0.1, 0.15) is 11.2 Å². The minimum absolute atomic E-state index is 0.583. The maximum absolute atomic E-state index is 6.37. The zero-order chi connectivity index (χ0) is 29.0. The van der Waals surface area contributed by atoms with Gasteiger partial charge in [-0.15, -0.1) is 11.3 Å². The lowest BCUT2D eigenvalue weighted by molar-refractivity contribution is 0.669. The molecule has 0 amide bonds. The highest BCUT2D eigenvalue weighted by molar-refractivity contribution is 7.26. The highest BCUT2D eigenvalue weighted by Gasteiger charge is 2.18. The monoisotopic (exact) mass is 581 g/mol. The van der Waals surface area contributed by atoms with Gasteiger partial charge in [0.25, 0.3) is 0 Å². The normalized spacial score (nSPS) is 11.6. The first-order chi connectivity index (χ1) is 21.8. The second-order valence-corrected chi connectivity index (χ2v) is 11.9. The molecule has 206 valence electrons. The van der Waals surface area contributed by atoms with Crippen molar-refractivity contribution in [1.82, 2.24) is 15.0 Å². The third-order valence-electron chi connectivity index (χ3n) is 8.15. The van der Waals surface area contributed by atoms with Gasteiger partial charge in [0.05, 0.1) is 5.56 Å². The van der Waals surface area contributed by atoms with Crippen LogP contribution < -0.4 is 0 Å². The first-order valence-electron chi connectivity index (χ1n) is 14.5. The maximum atomic E-state index is 6.37. The van der Waals surface area contributed by atoms with Gasteiger partial charge in [-0.1, -0.05) is 109 Å². The molecule has 0 fully saturated rings. The summed E-state index contributed by atoms with van der Waals surface area (Å²) in [5.74, 6) is 1.84. The molecule has 0 bridgehead atoms. The van der Waals surface area contributed by atoms with E-state index in [4.69, 9.17) is 19.4 Å². The number of hydrogen-bond donors (Lipinski definition) is 0. The lowest BCUT2D eigenvalue weighted by atomic mass is 10.0. The number of thiophene rings is 1. The third-order valence-corrected chi connectivity index (χ3v) is 9.37. The fourth-order valence-electron chi connectivity index (χ4n) is 6.05. The van der Waals surface area contributed by atoms with Gasteiger partial charge in [-0.2, -0.15) is 0 Å². The summed E-state index contributed by atoms with van der Waals surface area (Å²) in [4.78, 5) is 15.1. The molecule has 0 unspecified atom stereocenters. The van der Waals surface area contributed by atoms with E-state index in [1.165, 1.54) is 31.3 Å². The van der Waals surface area contributed by atoms with Gasteiger partial charge in [0.2, 0.25) is 0 Å². The summed E-state index contributed by atoms with van der Waals surface area (Å²) in [5, 5.41) is 4.55. The second kappa shape index (κ2) is 9.97. The van der Waals surface area contributed by atoms with Crippen LogP contribution in [0.3, 0.4) is 0 Å². The minimum atomic E-state index is 0.583. The fourth-order valence-corrected chi connectivity index (χ4v) is 7.27. The summed E-state index contributed by atoms with van der Waals surface area (Å²) in [6.45, 7) is 0. The summed E-state index contributed by atoms with van der Waals surface area (Å²) in [6.07, 6.45) is 0. The van der Waals surface area contributed by atoms with E-state index in [0.717, 1.165) is 38.6 Å². The Bertz CT molecular complexity index is 2500. The van der Waals surface area contributed by atoms with Gasteiger partial charge in [0.15, 0.2) is 17.5 Å². The predicted molar refractivity (Wildman–Crippen MR) is 182 cm³/mol. The van der Waals surface area contributed by atoms with Crippen molar-refractivity contribution < 1.29 is 4.42 Å². The maximum Gasteiger partial charge on any atom is 0.167 e. The molecule has 0 atom stereocenters. The first kappa shape index (κ1) is 24.9. The van der Waals surface area contributed by atoms with E-state index in [2.05, 4.69) is 78.9 Å². The summed E-state index contributed by atoms with van der Waals surface area (Å²) in [6, 6.07) is 48.0. The van der Waals surface area contributed by atoms with Crippen molar-refractivity contribution >= 4 is 53.4 Å². The number of fused-ring (bicyclic) bond motifs is 6. The highest BCUT2D eigenvalue weighted by Crippen LogP contribution is 2.41. The van der Waals surface area contributed by atoms with E-state index in [0.29, 0.717) is 17.5 Å². The number of para-hydroxylation sites is 2. The van der Waals surface area contributed by atoms with Crippen molar-refractivity contribution in [3.63, 3.8) is 0 Å². The van der Waals surface area contributed by atoms with E-state index < -0.39 is 0 Å². The number of hydrogen-bond acceptors (Lipinski definition) is 5. The molecule has 0 aliphatic heterocycles. The zero-order valence-corrected chi connectivity index (χ0v) is 24.3. The summed E-state index contributed by atoms with van der Waals surface area (Å²) >= 11 is 1.82.